The van der Waals surface area contributed by atoms with Gasteiger partial charge in [-0.1, -0.05) is 225 Å². The van der Waals surface area contributed by atoms with Crippen molar-refractivity contribution in [2.75, 3.05) is 11.1 Å². The molecule has 2 amide bonds. The van der Waals surface area contributed by atoms with Crippen LogP contribution in [0, 0.1) is 10.8 Å². The van der Waals surface area contributed by atoms with Crippen molar-refractivity contribution in [2.24, 2.45) is 10.8 Å². The number of halogens is 1. The fraction of sp³-hybridized carbons (Fsp3) is 0.379. The van der Waals surface area contributed by atoms with Gasteiger partial charge in [-0.25, -0.2) is 29.5 Å². The highest BCUT2D eigenvalue weighted by Gasteiger charge is 2.50. The van der Waals surface area contributed by atoms with Crippen LogP contribution in [0.4, 0.5) is 25.7 Å². The third-order valence-corrected chi connectivity index (χ3v) is 25.6. The molecule has 2 atom stereocenters. The number of aromatic nitrogens is 4. The Kier molecular flexibility index (Phi) is 23.7. The monoisotopic (exact) mass is 1530 g/mol. The Bertz CT molecular complexity index is 4460. The fourth-order valence-corrected chi connectivity index (χ4v) is 20.2. The van der Waals surface area contributed by atoms with E-state index >= 15 is 0 Å². The van der Waals surface area contributed by atoms with Gasteiger partial charge in [-0.05, 0) is 153 Å². The number of nitrogens with zero attached hydrogens (tertiary/aromatic N) is 4. The van der Waals surface area contributed by atoms with E-state index < -0.39 is 39.2 Å². The number of alkyl carbamates (subject to hydrolysis) is 2. The lowest BCUT2D eigenvalue weighted by atomic mass is 9.73. The van der Waals surface area contributed by atoms with Gasteiger partial charge in [0.15, 0.2) is 32.7 Å². The quantitative estimate of drug-likeness (QED) is 0.0667. The predicted octanol–water partition coefficient (Wildman–Crippen LogP) is 20.1. The predicted molar refractivity (Wildman–Crippen MR) is 442 cm³/mol. The number of carbonyl (C=O) groups excluding carboxylic acids is 2. The number of carbonyl (C=O) groups is 2. The second kappa shape index (κ2) is 32.4. The summed E-state index contributed by atoms with van der Waals surface area (Å²) in [4.78, 5) is 42.7. The molecular formula is C87H101ClN8O7P2S2. The van der Waals surface area contributed by atoms with E-state index in [0.29, 0.717) is 27.6 Å². The van der Waals surface area contributed by atoms with E-state index in [1.165, 1.54) is 65.6 Å². The van der Waals surface area contributed by atoms with Gasteiger partial charge in [0.1, 0.15) is 33.9 Å². The van der Waals surface area contributed by atoms with Crippen LogP contribution in [0.2, 0.25) is 5.15 Å². The van der Waals surface area contributed by atoms with Crippen LogP contribution in [0.3, 0.4) is 0 Å². The van der Waals surface area contributed by atoms with Crippen LogP contribution in [-0.4, -0.2) is 54.5 Å². The van der Waals surface area contributed by atoms with Crippen molar-refractivity contribution in [1.82, 2.24) is 30.6 Å². The number of nitrogens with one attached hydrogen (secondary N) is 3. The Balaban J connectivity index is 0.000000148. The Hall–Kier alpha value is -8.43. The number of hydrogen-bond donors (Lipinski definition) is 4. The van der Waals surface area contributed by atoms with Crippen LogP contribution in [-0.2, 0) is 27.7 Å². The lowest BCUT2D eigenvalue weighted by Gasteiger charge is -2.48. The Morgan fingerprint density at radius 1 is 0.533 bits per heavy atom. The van der Waals surface area contributed by atoms with Crippen molar-refractivity contribution in [3.05, 3.63) is 232 Å². The second-order valence-corrected chi connectivity index (χ2v) is 39.7. The number of rotatable bonds is 12. The molecule has 4 aromatic heterocycles. The van der Waals surface area contributed by atoms with E-state index in [1.807, 2.05) is 58.4 Å². The molecule has 2 aliphatic carbocycles. The number of anilines is 3. The van der Waals surface area contributed by atoms with Crippen LogP contribution in [0.15, 0.2) is 193 Å². The van der Waals surface area contributed by atoms with Crippen LogP contribution in [0.1, 0.15) is 194 Å². The molecule has 20 heteroatoms. The molecule has 0 bridgehead atoms. The highest BCUT2D eigenvalue weighted by molar-refractivity contribution is 7.80. The number of fused-ring (bicyclic) bond motifs is 4. The topological polar surface area (TPSA) is 194 Å². The first-order valence-electron chi connectivity index (χ1n) is 37.0. The summed E-state index contributed by atoms with van der Waals surface area (Å²) in [6.45, 7) is 29.0. The zero-order valence-corrected chi connectivity index (χ0v) is 68.2. The highest BCUT2D eigenvalue weighted by Crippen LogP contribution is 2.55. The van der Waals surface area contributed by atoms with Crippen LogP contribution < -0.4 is 67.7 Å². The molecule has 7 heterocycles. The second-order valence-electron chi connectivity index (χ2n) is 33.1. The van der Waals surface area contributed by atoms with Gasteiger partial charge >= 0.3 is 12.2 Å². The smallest absolute Gasteiger partial charge is 0.408 e. The van der Waals surface area contributed by atoms with E-state index in [9.17, 15) is 9.59 Å². The number of thiazole rings is 2. The summed E-state index contributed by atoms with van der Waals surface area (Å²) in [6, 6.07) is 60.9. The first-order chi connectivity index (χ1) is 50.8. The molecule has 107 heavy (non-hydrogen) atoms. The number of amides is 2. The number of hydrogen-bond acceptors (Lipinski definition) is 15. The van der Waals surface area contributed by atoms with Gasteiger partial charge in [-0.15, -0.1) is 22.7 Å². The molecule has 5 aliphatic rings. The number of nitrogens with two attached hydrogens (primary N) is 1. The molecule has 5 N–H and O–H groups in total. The lowest BCUT2D eigenvalue weighted by Crippen LogP contribution is -2.50. The number of nitrogen functional groups attached to an aromatic ring is 1. The summed E-state index contributed by atoms with van der Waals surface area (Å²) in [5, 5.41) is 22.9. The molecule has 3 aliphatic heterocycles. The molecule has 2 fully saturated rings. The maximum atomic E-state index is 12.7. The third kappa shape index (κ3) is 19.5. The van der Waals surface area contributed by atoms with Gasteiger partial charge in [0, 0.05) is 85.7 Å². The molecule has 0 saturated heterocycles. The van der Waals surface area contributed by atoms with Crippen molar-refractivity contribution >= 4 is 110 Å². The van der Waals surface area contributed by atoms with Crippen molar-refractivity contribution < 1.29 is 33.3 Å². The molecule has 560 valence electrons. The SMILES string of the molecule is CC(C)(C)Cc1cc2c(c(Cl)n1)OC1(CCC1)C[C@@H]2NC(=O)OC(C)(C)C.CC(C)(C)Cc1cc2c(c(Nc3nccs3)n1)OC1(CCC1)C[C@@H]2NC(=O)OC(C)(C)C.CC1(C)c2cccc(P(c3ccccc3)c3ccccc3)c2Oc2c(P(c3ccccc3)c3ccccc3)cccc21.Nc1nccs1. The van der Waals surface area contributed by atoms with Crippen molar-refractivity contribution in [3.63, 3.8) is 0 Å². The average molecular weight is 1530 g/mol. The molecule has 15 rings (SSSR count). The first-order valence-corrected chi connectivity index (χ1v) is 41.8. The van der Waals surface area contributed by atoms with E-state index in [4.69, 9.17) is 46.0 Å². The largest absolute Gasteiger partial charge is 0.484 e. The normalized spacial score (nSPS) is 16.9. The van der Waals surface area contributed by atoms with Crippen LogP contribution >= 0.6 is 50.1 Å². The zero-order chi connectivity index (χ0) is 76.1. The van der Waals surface area contributed by atoms with E-state index in [-0.39, 0.29) is 39.5 Å². The number of ether oxygens (including phenoxy) is 5. The van der Waals surface area contributed by atoms with E-state index in [1.54, 1.807) is 12.4 Å². The minimum Gasteiger partial charge on any atom is -0.484 e. The van der Waals surface area contributed by atoms with Crippen LogP contribution in [0.25, 0.3) is 0 Å². The minimum absolute atomic E-state index is 0.0680. The minimum atomic E-state index is -0.824. The van der Waals surface area contributed by atoms with Gasteiger partial charge in [0.25, 0.3) is 0 Å². The fourth-order valence-electron chi connectivity index (χ4n) is 14.3. The summed E-state index contributed by atoms with van der Waals surface area (Å²) in [5.74, 6) is 4.01. The molecular weight excluding hydrogens is 1430 g/mol. The highest BCUT2D eigenvalue weighted by atomic mass is 35.5. The Morgan fingerprint density at radius 2 is 0.935 bits per heavy atom. The standard InChI is InChI=1S/C39H32OP2.C24H34N4O3S.C21H31ClN2O3.C3H4N2S/c1-39(2)33-25-15-27-35(41(29-17-7-3-8-18-29)30-19-9-4-10-20-30)37(33)40-38-34(39)26-16-28-36(38)42(31-21-11-5-12-22-31)32-23-13-6-14-24-32;1-22(2,3)13-15-12-16-17(27-21(29)31-23(4,5)6)14-24(8-7-9-24)30-18(16)19(26-15)28-20-25-10-11-32-20;1-19(2,3)11-13-10-14-15(24-18(25)27-20(4,5)6)12-21(8-7-9-21)26-16(14)17(22)23-13;4-3-5-1-2-6-3/h3-28H,1-2H3;10-12,17H,7-9,13-14H2,1-6H3,(H,27,29)(H,25,26,28);10,15H,7-9,11-12H2,1-6H3,(H,24,25);1-2H,(H2,4,5)/t;17-;15-;/m.00./s1. The molecule has 0 radical (unpaired) electrons. The molecule has 2 spiro atoms. The molecule has 10 aromatic rings. The molecule has 15 nitrogen and oxygen atoms in total. The van der Waals surface area contributed by atoms with E-state index in [2.05, 4.69) is 250 Å². The third-order valence-electron chi connectivity index (χ3n) is 19.1. The Morgan fingerprint density at radius 3 is 1.29 bits per heavy atom. The van der Waals surface area contributed by atoms with Gasteiger partial charge in [0.2, 0.25) is 0 Å². The van der Waals surface area contributed by atoms with Gasteiger partial charge in [-0.3, -0.25) is 0 Å². The average Bonchev–Trinajstić information content (AvgIpc) is 1.22. The molecule has 2 saturated carbocycles. The Labute approximate surface area is 647 Å². The maximum absolute atomic E-state index is 12.7. The molecule has 6 aromatic carbocycles. The number of pyridine rings is 2. The summed E-state index contributed by atoms with van der Waals surface area (Å²) < 4.78 is 31.2. The number of para-hydroxylation sites is 2. The van der Waals surface area contributed by atoms with Crippen molar-refractivity contribution in [3.8, 4) is 23.0 Å². The molecule has 0 unspecified atom stereocenters. The first kappa shape index (κ1) is 78.2. The van der Waals surface area contributed by atoms with E-state index in [0.717, 1.165) is 103 Å². The summed E-state index contributed by atoms with van der Waals surface area (Å²) in [6.07, 6.45) is 11.8. The van der Waals surface area contributed by atoms with Gasteiger partial charge in [0.05, 0.1) is 12.1 Å². The van der Waals surface area contributed by atoms with Gasteiger partial charge < -0.3 is 45.4 Å². The summed E-state index contributed by atoms with van der Waals surface area (Å²) >= 11 is 9.47. The van der Waals surface area contributed by atoms with Gasteiger partial charge in [-0.2, -0.15) is 0 Å². The van der Waals surface area contributed by atoms with Crippen molar-refractivity contribution in [1.29, 1.82) is 0 Å². The summed E-state index contributed by atoms with van der Waals surface area (Å²) in [5.41, 5.74) is 9.71. The number of benzene rings is 6. The lowest BCUT2D eigenvalue weighted by molar-refractivity contribution is -0.0384. The summed E-state index contributed by atoms with van der Waals surface area (Å²) in [7, 11) is -1.65. The van der Waals surface area contributed by atoms with Crippen LogP contribution in [0.5, 0.6) is 23.0 Å². The van der Waals surface area contributed by atoms with Crippen molar-refractivity contribution in [2.45, 2.75) is 201 Å². The maximum Gasteiger partial charge on any atom is 0.408 e. The zero-order valence-electron chi connectivity index (χ0n) is 64.0.